The Morgan fingerprint density at radius 2 is 1.94 bits per heavy atom. The van der Waals surface area contributed by atoms with Gasteiger partial charge in [0.15, 0.2) is 0 Å². The number of hydrogen-bond acceptors (Lipinski definition) is 5. The Labute approximate surface area is 212 Å². The molecule has 0 spiro atoms. The molecule has 1 fully saturated rings. The molecule has 0 radical (unpaired) electrons. The van der Waals surface area contributed by atoms with Gasteiger partial charge in [-0.2, -0.15) is 0 Å². The van der Waals surface area contributed by atoms with Crippen molar-refractivity contribution in [3.8, 4) is 5.75 Å². The van der Waals surface area contributed by atoms with Crippen molar-refractivity contribution in [2.45, 2.75) is 32.1 Å². The van der Waals surface area contributed by atoms with Gasteiger partial charge in [0, 0.05) is 29.2 Å². The van der Waals surface area contributed by atoms with Crippen LogP contribution in [-0.4, -0.2) is 35.6 Å². The first-order valence-electron chi connectivity index (χ1n) is 12.7. The highest BCUT2D eigenvalue weighted by Gasteiger charge is 2.25. The number of nitrogens with one attached hydrogen (secondary N) is 2. The minimum absolute atomic E-state index is 0.151. The van der Waals surface area contributed by atoms with Gasteiger partial charge in [-0.1, -0.05) is 18.2 Å². The molecule has 2 aromatic carbocycles. The maximum atomic E-state index is 12.7. The first-order valence-corrected chi connectivity index (χ1v) is 12.7. The van der Waals surface area contributed by atoms with Crippen LogP contribution in [0.1, 0.15) is 46.8 Å². The van der Waals surface area contributed by atoms with Gasteiger partial charge < -0.3 is 15.4 Å². The molecular formula is C30H32N4O2. The van der Waals surface area contributed by atoms with Crippen LogP contribution in [-0.2, 0) is 0 Å². The lowest BCUT2D eigenvalue weighted by atomic mass is 9.78. The topological polar surface area (TPSA) is 76.1 Å². The van der Waals surface area contributed by atoms with E-state index in [0.717, 1.165) is 60.4 Å². The number of aromatic nitrogens is 2. The fraction of sp³-hybridized carbons (Fsp3) is 0.300. The monoisotopic (exact) mass is 480 g/mol. The maximum absolute atomic E-state index is 12.7. The van der Waals surface area contributed by atoms with Crippen LogP contribution in [0.2, 0.25) is 0 Å². The number of carbonyl (C=O) groups excluding carboxylic acids is 1. The van der Waals surface area contributed by atoms with Crippen LogP contribution in [0.25, 0.3) is 10.9 Å². The number of rotatable bonds is 8. The molecule has 1 aliphatic heterocycles. The third-order valence-electron chi connectivity index (χ3n) is 6.97. The van der Waals surface area contributed by atoms with Gasteiger partial charge in [-0.25, -0.2) is 0 Å². The Bertz CT molecular complexity index is 1320. The second-order valence-electron chi connectivity index (χ2n) is 9.43. The molecule has 184 valence electrons. The van der Waals surface area contributed by atoms with Gasteiger partial charge in [0.1, 0.15) is 5.75 Å². The highest BCUT2D eigenvalue weighted by Crippen LogP contribution is 2.35. The normalized spacial score (nSPS) is 14.9. The SMILES string of the molecule is Cc1ccc2c(OCCC(c3cccc(NC(=O)c4cccnc4)c3)C3CCNCC3)cccc2n1. The van der Waals surface area contributed by atoms with Crippen molar-refractivity contribution in [3.05, 3.63) is 95.9 Å². The van der Waals surface area contributed by atoms with Crippen LogP contribution in [0, 0.1) is 12.8 Å². The molecule has 1 saturated heterocycles. The Hall–Kier alpha value is -3.77. The summed E-state index contributed by atoms with van der Waals surface area (Å²) in [5.74, 6) is 1.64. The summed E-state index contributed by atoms with van der Waals surface area (Å²) in [5.41, 5.74) is 4.55. The van der Waals surface area contributed by atoms with E-state index < -0.39 is 0 Å². The summed E-state index contributed by atoms with van der Waals surface area (Å²) in [6, 6.07) is 22.0. The number of aryl methyl sites for hydroxylation is 1. The first kappa shape index (κ1) is 23.9. The number of pyridine rings is 2. The molecule has 36 heavy (non-hydrogen) atoms. The second kappa shape index (κ2) is 11.3. The molecule has 6 heteroatoms. The van der Waals surface area contributed by atoms with E-state index in [4.69, 9.17) is 4.74 Å². The molecule has 1 amide bonds. The lowest BCUT2D eigenvalue weighted by Crippen LogP contribution is -2.31. The fourth-order valence-corrected chi connectivity index (χ4v) is 5.12. The molecule has 2 N–H and O–H groups in total. The van der Waals surface area contributed by atoms with Crippen LogP contribution in [0.5, 0.6) is 5.75 Å². The molecule has 2 aromatic heterocycles. The van der Waals surface area contributed by atoms with E-state index in [1.807, 2.05) is 43.3 Å². The zero-order valence-corrected chi connectivity index (χ0v) is 20.6. The van der Waals surface area contributed by atoms with Crippen molar-refractivity contribution in [3.63, 3.8) is 0 Å². The molecule has 0 saturated carbocycles. The van der Waals surface area contributed by atoms with Crippen molar-refractivity contribution >= 4 is 22.5 Å². The van der Waals surface area contributed by atoms with E-state index in [2.05, 4.69) is 38.8 Å². The highest BCUT2D eigenvalue weighted by molar-refractivity contribution is 6.04. The summed E-state index contributed by atoms with van der Waals surface area (Å²) in [6.45, 7) is 4.69. The Morgan fingerprint density at radius 1 is 1.08 bits per heavy atom. The quantitative estimate of drug-likeness (QED) is 0.336. The summed E-state index contributed by atoms with van der Waals surface area (Å²) in [5, 5.41) is 7.56. The Balaban J connectivity index is 1.32. The van der Waals surface area contributed by atoms with E-state index in [0.29, 0.717) is 24.0 Å². The Kier molecular flexibility index (Phi) is 7.52. The number of benzene rings is 2. The van der Waals surface area contributed by atoms with Crippen molar-refractivity contribution < 1.29 is 9.53 Å². The molecular weight excluding hydrogens is 448 g/mol. The average Bonchev–Trinajstić information content (AvgIpc) is 2.92. The smallest absolute Gasteiger partial charge is 0.257 e. The largest absolute Gasteiger partial charge is 0.493 e. The number of carbonyl (C=O) groups is 1. The van der Waals surface area contributed by atoms with Gasteiger partial charge in [0.05, 0.1) is 17.7 Å². The highest BCUT2D eigenvalue weighted by atomic mass is 16.5. The van der Waals surface area contributed by atoms with Crippen LogP contribution < -0.4 is 15.4 Å². The molecule has 1 aliphatic rings. The van der Waals surface area contributed by atoms with Crippen LogP contribution in [0.4, 0.5) is 5.69 Å². The van der Waals surface area contributed by atoms with Gasteiger partial charge in [-0.3, -0.25) is 14.8 Å². The molecule has 0 aliphatic carbocycles. The Morgan fingerprint density at radius 3 is 2.78 bits per heavy atom. The van der Waals surface area contributed by atoms with Crippen molar-refractivity contribution in [2.24, 2.45) is 5.92 Å². The second-order valence-corrected chi connectivity index (χ2v) is 9.43. The van der Waals surface area contributed by atoms with Crippen molar-refractivity contribution in [1.82, 2.24) is 15.3 Å². The zero-order valence-electron chi connectivity index (χ0n) is 20.6. The first-order chi connectivity index (χ1) is 17.7. The summed E-state index contributed by atoms with van der Waals surface area (Å²) in [7, 11) is 0. The number of fused-ring (bicyclic) bond motifs is 1. The molecule has 4 aromatic rings. The number of hydrogen-bond donors (Lipinski definition) is 2. The van der Waals surface area contributed by atoms with Crippen molar-refractivity contribution in [2.75, 3.05) is 25.0 Å². The molecule has 5 rings (SSSR count). The third kappa shape index (κ3) is 5.71. The van der Waals surface area contributed by atoms with E-state index in [1.165, 1.54) is 5.56 Å². The number of nitrogens with zero attached hydrogens (tertiary/aromatic N) is 2. The van der Waals surface area contributed by atoms with Gasteiger partial charge >= 0.3 is 0 Å². The lowest BCUT2D eigenvalue weighted by Gasteiger charge is -2.31. The molecule has 1 atom stereocenters. The van der Waals surface area contributed by atoms with E-state index >= 15 is 0 Å². The van der Waals surface area contributed by atoms with E-state index in [1.54, 1.807) is 24.5 Å². The zero-order chi connectivity index (χ0) is 24.7. The van der Waals surface area contributed by atoms with Gasteiger partial charge in [0.2, 0.25) is 0 Å². The number of ether oxygens (including phenoxy) is 1. The van der Waals surface area contributed by atoms with E-state index in [-0.39, 0.29) is 5.91 Å². The van der Waals surface area contributed by atoms with Crippen LogP contribution in [0.15, 0.2) is 79.1 Å². The van der Waals surface area contributed by atoms with Gasteiger partial charge in [0.25, 0.3) is 5.91 Å². The molecule has 0 bridgehead atoms. The summed E-state index contributed by atoms with van der Waals surface area (Å²) < 4.78 is 6.32. The predicted molar refractivity (Wildman–Crippen MR) is 144 cm³/mol. The van der Waals surface area contributed by atoms with Gasteiger partial charge in [-0.15, -0.1) is 0 Å². The lowest BCUT2D eigenvalue weighted by molar-refractivity contribution is 0.102. The third-order valence-corrected chi connectivity index (χ3v) is 6.97. The van der Waals surface area contributed by atoms with Crippen molar-refractivity contribution in [1.29, 1.82) is 0 Å². The minimum atomic E-state index is -0.151. The standard InChI is InChI=1S/C30H32N4O2/c1-21-10-11-27-28(33-21)8-3-9-29(27)36-18-14-26(22-12-16-31-17-13-22)23-5-2-7-25(19-23)34-30(35)24-6-4-15-32-20-24/h2-11,15,19-20,22,26,31H,12-14,16-18H2,1H3,(H,34,35). The maximum Gasteiger partial charge on any atom is 0.257 e. The minimum Gasteiger partial charge on any atom is -0.493 e. The fourth-order valence-electron chi connectivity index (χ4n) is 5.12. The molecule has 6 nitrogen and oxygen atoms in total. The summed E-state index contributed by atoms with van der Waals surface area (Å²) >= 11 is 0. The predicted octanol–water partition coefficient (Wildman–Crippen LogP) is 5.74. The van der Waals surface area contributed by atoms with Crippen LogP contribution >= 0.6 is 0 Å². The summed E-state index contributed by atoms with van der Waals surface area (Å²) in [6.07, 6.45) is 6.42. The number of amides is 1. The molecule has 1 unspecified atom stereocenters. The number of anilines is 1. The van der Waals surface area contributed by atoms with Crippen LogP contribution in [0.3, 0.4) is 0 Å². The summed E-state index contributed by atoms with van der Waals surface area (Å²) in [4.78, 5) is 21.4. The number of piperidine rings is 1. The van der Waals surface area contributed by atoms with E-state index in [9.17, 15) is 4.79 Å². The van der Waals surface area contributed by atoms with Gasteiger partial charge in [-0.05, 0) is 105 Å². The molecule has 3 heterocycles. The average molecular weight is 481 g/mol.